The molecule has 1 atom stereocenters. The van der Waals surface area contributed by atoms with Gasteiger partial charge >= 0.3 is 5.97 Å². The van der Waals surface area contributed by atoms with Gasteiger partial charge in [0.15, 0.2) is 0 Å². The Labute approximate surface area is 216 Å². The summed E-state index contributed by atoms with van der Waals surface area (Å²) in [5, 5.41) is 10.7. The number of likely N-dealkylation sites (tertiary alicyclic amines) is 1. The van der Waals surface area contributed by atoms with Crippen molar-refractivity contribution in [3.63, 3.8) is 0 Å². The first-order valence-corrected chi connectivity index (χ1v) is 12.3. The summed E-state index contributed by atoms with van der Waals surface area (Å²) in [7, 11) is 0. The number of carbonyl (C=O) groups excluding carboxylic acids is 4. The predicted molar refractivity (Wildman–Crippen MR) is 139 cm³/mol. The van der Waals surface area contributed by atoms with Gasteiger partial charge in [-0.3, -0.25) is 19.8 Å². The number of amidine groups is 1. The number of esters is 1. The quantitative estimate of drug-likeness (QED) is 0.228. The van der Waals surface area contributed by atoms with Crippen LogP contribution >= 0.6 is 0 Å². The lowest BCUT2D eigenvalue weighted by atomic mass is 9.91. The van der Waals surface area contributed by atoms with Gasteiger partial charge in [0.05, 0.1) is 6.04 Å². The summed E-state index contributed by atoms with van der Waals surface area (Å²) in [6.07, 6.45) is 0.860. The predicted octanol–water partition coefficient (Wildman–Crippen LogP) is 2.46. The molecule has 1 saturated heterocycles. The third-order valence-corrected chi connectivity index (χ3v) is 6.17. The zero-order valence-corrected chi connectivity index (χ0v) is 21.5. The number of amides is 2. The fourth-order valence-electron chi connectivity index (χ4n) is 3.90. The van der Waals surface area contributed by atoms with E-state index < -0.39 is 35.2 Å². The van der Waals surface area contributed by atoms with E-state index in [-0.39, 0.29) is 11.7 Å². The van der Waals surface area contributed by atoms with Crippen molar-refractivity contribution in [1.82, 2.24) is 10.2 Å². The molecule has 0 aromatic heterocycles. The highest BCUT2D eigenvalue weighted by Gasteiger charge is 2.33. The molecule has 1 fully saturated rings. The molecule has 1 heterocycles. The number of nitrogens with one attached hydrogen (secondary N) is 2. The molecule has 2 aromatic carbocycles. The van der Waals surface area contributed by atoms with Crippen LogP contribution in [-0.4, -0.2) is 59.5 Å². The maximum absolute atomic E-state index is 12.9. The number of hydrogen-bond donors (Lipinski definition) is 3. The first-order chi connectivity index (χ1) is 17.5. The van der Waals surface area contributed by atoms with Crippen molar-refractivity contribution in [2.75, 3.05) is 13.1 Å². The number of nitrogens with two attached hydrogens (primary N) is 1. The molecule has 2 aromatic rings. The van der Waals surface area contributed by atoms with Crippen LogP contribution < -0.4 is 11.1 Å². The summed E-state index contributed by atoms with van der Waals surface area (Å²) in [4.78, 5) is 51.1. The summed E-state index contributed by atoms with van der Waals surface area (Å²) in [5.41, 5.74) is 7.02. The summed E-state index contributed by atoms with van der Waals surface area (Å²) in [5.74, 6) is -2.13. The lowest BCUT2D eigenvalue weighted by molar-refractivity contribution is -0.162. The van der Waals surface area contributed by atoms with Crippen LogP contribution in [0.3, 0.4) is 0 Å². The fraction of sp³-hybridized carbons (Fsp3) is 0.393. The molecule has 2 amide bonds. The van der Waals surface area contributed by atoms with Crippen molar-refractivity contribution >= 4 is 29.4 Å². The minimum atomic E-state index is -0.830. The van der Waals surface area contributed by atoms with Crippen LogP contribution in [0, 0.1) is 10.8 Å². The number of ether oxygens (including phenoxy) is 1. The van der Waals surface area contributed by atoms with Crippen LogP contribution in [0.5, 0.6) is 0 Å². The summed E-state index contributed by atoms with van der Waals surface area (Å²) >= 11 is 0. The number of hydrogen-bond acceptors (Lipinski definition) is 7. The number of nitrogens with zero attached hydrogens (tertiary/aromatic N) is 1. The van der Waals surface area contributed by atoms with E-state index in [2.05, 4.69) is 5.32 Å². The molecule has 0 bridgehead atoms. The fourth-order valence-corrected chi connectivity index (χ4v) is 3.90. The van der Waals surface area contributed by atoms with Crippen molar-refractivity contribution < 1.29 is 23.9 Å². The Hall–Kier alpha value is -3.85. The molecular weight excluding hydrogens is 472 g/mol. The SMILES string of the molecule is CC(C)(C)C(=O)C(=O)OC1CCN(C(=O)c2ccc(C(=N)NC(=O)[C@@H](N)Cc3ccccc3)cc2)CC1. The third kappa shape index (κ3) is 7.57. The van der Waals surface area contributed by atoms with Gasteiger partial charge in [-0.2, -0.15) is 0 Å². The third-order valence-electron chi connectivity index (χ3n) is 6.17. The van der Waals surface area contributed by atoms with Gasteiger partial charge in [0.25, 0.3) is 5.91 Å². The van der Waals surface area contributed by atoms with Gasteiger partial charge in [0, 0.05) is 42.5 Å². The van der Waals surface area contributed by atoms with Gasteiger partial charge in [-0.25, -0.2) is 4.79 Å². The summed E-state index contributed by atoms with van der Waals surface area (Å²) in [6.45, 7) is 5.79. The van der Waals surface area contributed by atoms with E-state index in [4.69, 9.17) is 15.9 Å². The molecule has 0 radical (unpaired) electrons. The van der Waals surface area contributed by atoms with Gasteiger partial charge in [0.2, 0.25) is 11.7 Å². The van der Waals surface area contributed by atoms with E-state index in [1.165, 1.54) is 0 Å². The first kappa shape index (κ1) is 27.7. The standard InChI is InChI=1S/C28H34N4O5/c1-28(2,3)23(33)27(36)37-21-13-15-32(16-14-21)26(35)20-11-9-19(10-12-20)24(30)31-25(34)22(29)17-18-7-5-4-6-8-18/h4-12,21-22H,13-17,29H2,1-3H3,(H2,30,31,34)/t22-/m0/s1. The second kappa shape index (κ2) is 11.9. The minimum absolute atomic E-state index is 0.0973. The van der Waals surface area contributed by atoms with E-state index in [9.17, 15) is 19.2 Å². The highest BCUT2D eigenvalue weighted by molar-refractivity contribution is 6.35. The molecule has 0 spiro atoms. The number of Topliss-reactive ketones (excluding diaryl/α,β-unsaturated/α-hetero) is 1. The lowest BCUT2D eigenvalue weighted by Gasteiger charge is -2.32. The zero-order chi connectivity index (χ0) is 27.2. The molecule has 9 heteroatoms. The van der Waals surface area contributed by atoms with Crippen molar-refractivity contribution in [1.29, 1.82) is 5.41 Å². The van der Waals surface area contributed by atoms with E-state index in [0.29, 0.717) is 43.5 Å². The Balaban J connectivity index is 1.49. The Morgan fingerprint density at radius 1 is 1.00 bits per heavy atom. The Morgan fingerprint density at radius 2 is 1.57 bits per heavy atom. The van der Waals surface area contributed by atoms with Gasteiger partial charge in [-0.05, 0) is 24.1 Å². The van der Waals surface area contributed by atoms with E-state index >= 15 is 0 Å². The van der Waals surface area contributed by atoms with Crippen molar-refractivity contribution in [2.45, 2.75) is 52.2 Å². The minimum Gasteiger partial charge on any atom is -0.456 e. The highest BCUT2D eigenvalue weighted by Crippen LogP contribution is 2.20. The molecular formula is C28H34N4O5. The van der Waals surface area contributed by atoms with Gasteiger partial charge in [-0.1, -0.05) is 63.2 Å². The average molecular weight is 507 g/mol. The molecule has 3 rings (SSSR count). The molecule has 9 nitrogen and oxygen atoms in total. The normalized spacial score (nSPS) is 15.0. The number of benzene rings is 2. The number of rotatable bonds is 7. The van der Waals surface area contributed by atoms with Crippen molar-refractivity contribution in [3.8, 4) is 0 Å². The average Bonchev–Trinajstić information content (AvgIpc) is 2.88. The molecule has 1 aliphatic rings. The number of carbonyl (C=O) groups is 4. The number of piperidine rings is 1. The van der Waals surface area contributed by atoms with Crippen molar-refractivity contribution in [3.05, 3.63) is 71.3 Å². The second-order valence-corrected chi connectivity index (χ2v) is 10.2. The van der Waals surface area contributed by atoms with Crippen LogP contribution in [0.15, 0.2) is 54.6 Å². The second-order valence-electron chi connectivity index (χ2n) is 10.2. The van der Waals surface area contributed by atoms with Crippen molar-refractivity contribution in [2.24, 2.45) is 11.1 Å². The monoisotopic (exact) mass is 506 g/mol. The Morgan fingerprint density at radius 3 is 2.14 bits per heavy atom. The largest absolute Gasteiger partial charge is 0.456 e. The molecule has 37 heavy (non-hydrogen) atoms. The van der Waals surface area contributed by atoms with Crippen LogP contribution in [-0.2, 0) is 25.5 Å². The smallest absolute Gasteiger partial charge is 0.375 e. The number of ketones is 1. The summed E-state index contributed by atoms with van der Waals surface area (Å²) in [6, 6.07) is 15.0. The van der Waals surface area contributed by atoms with Crippen LogP contribution in [0.25, 0.3) is 0 Å². The Bertz CT molecular complexity index is 1150. The molecule has 0 unspecified atom stereocenters. The highest BCUT2D eigenvalue weighted by atomic mass is 16.5. The van der Waals surface area contributed by atoms with E-state index in [1.807, 2.05) is 30.3 Å². The van der Waals surface area contributed by atoms with Crippen LogP contribution in [0.4, 0.5) is 0 Å². The van der Waals surface area contributed by atoms with Crippen LogP contribution in [0.2, 0.25) is 0 Å². The van der Waals surface area contributed by atoms with E-state index in [0.717, 1.165) is 5.56 Å². The van der Waals surface area contributed by atoms with Crippen LogP contribution in [0.1, 0.15) is 55.1 Å². The van der Waals surface area contributed by atoms with E-state index in [1.54, 1.807) is 49.9 Å². The molecule has 0 saturated carbocycles. The first-order valence-electron chi connectivity index (χ1n) is 12.3. The topological polar surface area (TPSA) is 143 Å². The summed E-state index contributed by atoms with van der Waals surface area (Å²) < 4.78 is 5.34. The van der Waals surface area contributed by atoms with Gasteiger partial charge in [-0.15, -0.1) is 0 Å². The maximum atomic E-state index is 12.9. The van der Waals surface area contributed by atoms with Gasteiger partial charge in [0.1, 0.15) is 11.9 Å². The molecule has 0 aliphatic carbocycles. The zero-order valence-electron chi connectivity index (χ0n) is 21.5. The Kier molecular flexibility index (Phi) is 8.94. The molecule has 4 N–H and O–H groups in total. The molecule has 1 aliphatic heterocycles. The lowest BCUT2D eigenvalue weighted by Crippen LogP contribution is -2.44. The maximum Gasteiger partial charge on any atom is 0.375 e. The molecule has 196 valence electrons. The van der Waals surface area contributed by atoms with Gasteiger partial charge < -0.3 is 20.7 Å².